The summed E-state index contributed by atoms with van der Waals surface area (Å²) in [7, 11) is 0. The summed E-state index contributed by atoms with van der Waals surface area (Å²) in [4.78, 5) is 4.74. The van der Waals surface area contributed by atoms with Gasteiger partial charge in [0.1, 0.15) is 0 Å². The lowest BCUT2D eigenvalue weighted by Crippen LogP contribution is -2.19. The van der Waals surface area contributed by atoms with Crippen LogP contribution in [0, 0.1) is 6.92 Å². The largest absolute Gasteiger partial charge is 0.308 e. The van der Waals surface area contributed by atoms with Crippen LogP contribution in [-0.2, 0) is 0 Å². The Bertz CT molecular complexity index is 754. The first kappa shape index (κ1) is 14.7. The third kappa shape index (κ3) is 2.62. The van der Waals surface area contributed by atoms with Crippen molar-refractivity contribution in [2.45, 2.75) is 18.7 Å². The average Bonchev–Trinajstić information content (AvgIpc) is 2.55. The second kappa shape index (κ2) is 6.29. The molecule has 0 spiro atoms. The summed E-state index contributed by atoms with van der Waals surface area (Å²) >= 11 is 1.78. The lowest BCUT2D eigenvalue weighted by atomic mass is 10.1. The molecule has 110 valence electrons. The van der Waals surface area contributed by atoms with Crippen LogP contribution in [0.4, 0.5) is 11.4 Å². The molecule has 1 aliphatic heterocycles. The molecular formula is C20H19NS. The lowest BCUT2D eigenvalue weighted by molar-refractivity contribution is 1.15. The van der Waals surface area contributed by atoms with E-state index in [0.717, 1.165) is 0 Å². The van der Waals surface area contributed by atoms with E-state index in [2.05, 4.69) is 79.1 Å². The first-order valence-electron chi connectivity index (χ1n) is 7.37. The van der Waals surface area contributed by atoms with Crippen molar-refractivity contribution < 1.29 is 0 Å². The normalized spacial score (nSPS) is 14.4. The van der Waals surface area contributed by atoms with Crippen LogP contribution >= 0.6 is 11.8 Å². The highest BCUT2D eigenvalue weighted by molar-refractivity contribution is 8.03. The number of allylic oxidation sites excluding steroid dienone is 3. The fourth-order valence-corrected chi connectivity index (χ4v) is 3.57. The first-order valence-corrected chi connectivity index (χ1v) is 8.19. The number of fused-ring (bicyclic) bond motifs is 1. The molecule has 0 aromatic heterocycles. The van der Waals surface area contributed by atoms with E-state index in [1.807, 2.05) is 13.0 Å². The molecule has 0 saturated carbocycles. The minimum absolute atomic E-state index is 1.17. The van der Waals surface area contributed by atoms with Crippen molar-refractivity contribution >= 4 is 23.1 Å². The highest BCUT2D eigenvalue weighted by Crippen LogP contribution is 2.47. The van der Waals surface area contributed by atoms with Crippen molar-refractivity contribution in [2.75, 3.05) is 4.90 Å². The quantitative estimate of drug-likeness (QED) is 0.663. The Labute approximate surface area is 136 Å². The van der Waals surface area contributed by atoms with E-state index in [1.54, 1.807) is 11.8 Å². The second-order valence-electron chi connectivity index (χ2n) is 5.19. The molecule has 1 nitrogen and oxygen atoms in total. The van der Waals surface area contributed by atoms with Gasteiger partial charge in [-0.15, -0.1) is 0 Å². The molecule has 3 rings (SSSR count). The second-order valence-corrected chi connectivity index (χ2v) is 6.28. The van der Waals surface area contributed by atoms with Crippen molar-refractivity contribution in [3.05, 3.63) is 89.5 Å². The van der Waals surface area contributed by atoms with Gasteiger partial charge in [-0.1, -0.05) is 60.3 Å². The highest BCUT2D eigenvalue weighted by atomic mass is 32.2. The predicted molar refractivity (Wildman–Crippen MR) is 97.7 cm³/mol. The summed E-state index contributed by atoms with van der Waals surface area (Å²) in [6.07, 6.45) is 6.17. The molecule has 1 aliphatic rings. The summed E-state index contributed by atoms with van der Waals surface area (Å²) < 4.78 is 0. The van der Waals surface area contributed by atoms with E-state index in [4.69, 9.17) is 0 Å². The smallest absolute Gasteiger partial charge is 0.0601 e. The molecule has 2 aromatic carbocycles. The van der Waals surface area contributed by atoms with Gasteiger partial charge in [0, 0.05) is 15.5 Å². The molecule has 0 saturated heterocycles. The summed E-state index contributed by atoms with van der Waals surface area (Å²) in [5, 5.41) is 0. The minimum Gasteiger partial charge on any atom is -0.308 e. The van der Waals surface area contributed by atoms with Gasteiger partial charge in [0.05, 0.1) is 11.4 Å². The fraction of sp³-hybridized carbons (Fsp3) is 0.100. The van der Waals surface area contributed by atoms with Gasteiger partial charge in [0.2, 0.25) is 0 Å². The van der Waals surface area contributed by atoms with Crippen LogP contribution in [0.15, 0.2) is 88.8 Å². The van der Waals surface area contributed by atoms with Crippen molar-refractivity contribution in [3.63, 3.8) is 0 Å². The number of hydrogen-bond acceptors (Lipinski definition) is 2. The third-order valence-electron chi connectivity index (χ3n) is 3.62. The zero-order valence-electron chi connectivity index (χ0n) is 12.9. The van der Waals surface area contributed by atoms with Gasteiger partial charge in [-0.3, -0.25) is 0 Å². The van der Waals surface area contributed by atoms with Gasteiger partial charge < -0.3 is 4.90 Å². The van der Waals surface area contributed by atoms with Gasteiger partial charge in [-0.05, 0) is 44.2 Å². The van der Waals surface area contributed by atoms with Gasteiger partial charge in [0.15, 0.2) is 0 Å². The van der Waals surface area contributed by atoms with Gasteiger partial charge in [-0.2, -0.15) is 0 Å². The number of hydrogen-bond donors (Lipinski definition) is 0. The molecule has 0 bridgehead atoms. The summed E-state index contributed by atoms with van der Waals surface area (Å²) in [5.74, 6) is 0. The molecule has 0 radical (unpaired) electrons. The number of para-hydroxylation sites is 1. The molecule has 1 heterocycles. The van der Waals surface area contributed by atoms with Crippen molar-refractivity contribution in [1.82, 2.24) is 0 Å². The standard InChI is InChI=1S/C20H19NS/c1-4-8-17-19(5-2)22-20-10-7-6-9-18(20)21(17)16-13-11-15(3)12-14-16/h4-14H,2H2,1,3H3/b8-4-. The maximum Gasteiger partial charge on any atom is 0.0601 e. The zero-order valence-corrected chi connectivity index (χ0v) is 13.7. The highest BCUT2D eigenvalue weighted by Gasteiger charge is 2.24. The predicted octanol–water partition coefficient (Wildman–Crippen LogP) is 6.21. The molecule has 0 amide bonds. The third-order valence-corrected chi connectivity index (χ3v) is 4.78. The molecule has 0 fully saturated rings. The summed E-state index contributed by atoms with van der Waals surface area (Å²) in [6, 6.07) is 17.2. The first-order chi connectivity index (χ1) is 10.7. The van der Waals surface area contributed by atoms with E-state index in [-0.39, 0.29) is 0 Å². The monoisotopic (exact) mass is 305 g/mol. The van der Waals surface area contributed by atoms with E-state index in [1.165, 1.54) is 32.4 Å². The van der Waals surface area contributed by atoms with E-state index in [9.17, 15) is 0 Å². The van der Waals surface area contributed by atoms with Crippen LogP contribution in [0.5, 0.6) is 0 Å². The van der Waals surface area contributed by atoms with Crippen molar-refractivity contribution in [1.29, 1.82) is 0 Å². The number of rotatable bonds is 3. The van der Waals surface area contributed by atoms with Crippen molar-refractivity contribution in [3.8, 4) is 0 Å². The number of thioether (sulfide) groups is 1. The van der Waals surface area contributed by atoms with Crippen LogP contribution in [0.2, 0.25) is 0 Å². The topological polar surface area (TPSA) is 3.24 Å². The molecular weight excluding hydrogens is 286 g/mol. The Hall–Kier alpha value is -2.19. The van der Waals surface area contributed by atoms with E-state index >= 15 is 0 Å². The number of aryl methyl sites for hydroxylation is 1. The molecule has 0 N–H and O–H groups in total. The van der Waals surface area contributed by atoms with Crippen LogP contribution in [0.3, 0.4) is 0 Å². The Balaban J connectivity index is 2.23. The Morgan fingerprint density at radius 2 is 1.77 bits per heavy atom. The number of benzene rings is 2. The Morgan fingerprint density at radius 3 is 2.45 bits per heavy atom. The Kier molecular flexibility index (Phi) is 4.21. The van der Waals surface area contributed by atoms with Gasteiger partial charge in [0.25, 0.3) is 0 Å². The number of anilines is 2. The summed E-state index contributed by atoms with van der Waals surface area (Å²) in [5.41, 5.74) is 4.83. The SMILES string of the molecule is C=CC1=C(/C=C\C)N(c2ccc(C)cc2)c2ccccc2S1. The molecule has 2 heteroatoms. The fourth-order valence-electron chi connectivity index (χ4n) is 2.57. The molecule has 22 heavy (non-hydrogen) atoms. The van der Waals surface area contributed by atoms with Gasteiger partial charge in [-0.25, -0.2) is 0 Å². The van der Waals surface area contributed by atoms with Gasteiger partial charge >= 0.3 is 0 Å². The van der Waals surface area contributed by atoms with Crippen LogP contribution in [0.25, 0.3) is 0 Å². The van der Waals surface area contributed by atoms with Crippen LogP contribution < -0.4 is 4.90 Å². The molecule has 0 aliphatic carbocycles. The summed E-state index contributed by atoms with van der Waals surface area (Å²) in [6.45, 7) is 8.15. The molecule has 2 aromatic rings. The zero-order chi connectivity index (χ0) is 15.5. The van der Waals surface area contributed by atoms with Crippen LogP contribution in [-0.4, -0.2) is 0 Å². The van der Waals surface area contributed by atoms with E-state index < -0.39 is 0 Å². The van der Waals surface area contributed by atoms with Crippen molar-refractivity contribution in [2.24, 2.45) is 0 Å². The van der Waals surface area contributed by atoms with Crippen LogP contribution in [0.1, 0.15) is 12.5 Å². The lowest BCUT2D eigenvalue weighted by Gasteiger charge is -2.33. The minimum atomic E-state index is 1.17. The maximum absolute atomic E-state index is 3.99. The molecule has 0 unspecified atom stereocenters. The van der Waals surface area contributed by atoms with E-state index in [0.29, 0.717) is 0 Å². The number of nitrogens with zero attached hydrogens (tertiary/aromatic N) is 1. The molecule has 0 atom stereocenters. The Morgan fingerprint density at radius 1 is 1.05 bits per heavy atom. The maximum atomic E-state index is 3.99. The average molecular weight is 305 g/mol.